The molecule has 1 heterocycles. The molecule has 0 unspecified atom stereocenters. The summed E-state index contributed by atoms with van der Waals surface area (Å²) in [6.45, 7) is 0.822. The van der Waals surface area contributed by atoms with Crippen LogP contribution in [0.3, 0.4) is 0 Å². The first kappa shape index (κ1) is 18.4. The SMILES string of the molecule is COCCNCc1cnc(Nc2cccc(Cl)c2)nc1C(F)(F)F. The van der Waals surface area contributed by atoms with Crippen molar-refractivity contribution in [2.45, 2.75) is 12.7 Å². The van der Waals surface area contributed by atoms with Crippen molar-refractivity contribution in [3.05, 3.63) is 46.7 Å². The molecular weight excluding hydrogens is 345 g/mol. The van der Waals surface area contributed by atoms with Gasteiger partial charge in [-0.1, -0.05) is 17.7 Å². The van der Waals surface area contributed by atoms with Crippen molar-refractivity contribution in [2.75, 3.05) is 25.6 Å². The molecule has 2 aromatic rings. The van der Waals surface area contributed by atoms with E-state index in [4.69, 9.17) is 16.3 Å². The van der Waals surface area contributed by atoms with Crippen LogP contribution in [0, 0.1) is 0 Å². The largest absolute Gasteiger partial charge is 0.433 e. The maximum absolute atomic E-state index is 13.2. The average Bonchev–Trinajstić information content (AvgIpc) is 2.51. The molecule has 0 bridgehead atoms. The maximum atomic E-state index is 13.2. The molecule has 24 heavy (non-hydrogen) atoms. The number of alkyl halides is 3. The number of methoxy groups -OCH3 is 1. The van der Waals surface area contributed by atoms with Gasteiger partial charge in [0.25, 0.3) is 0 Å². The molecule has 0 aliphatic heterocycles. The number of hydrogen-bond donors (Lipinski definition) is 2. The van der Waals surface area contributed by atoms with Gasteiger partial charge in [0.2, 0.25) is 5.95 Å². The molecule has 0 saturated heterocycles. The van der Waals surface area contributed by atoms with E-state index < -0.39 is 11.9 Å². The number of hydrogen-bond acceptors (Lipinski definition) is 5. The highest BCUT2D eigenvalue weighted by atomic mass is 35.5. The Bertz CT molecular complexity index is 682. The van der Waals surface area contributed by atoms with Crippen molar-refractivity contribution < 1.29 is 17.9 Å². The monoisotopic (exact) mass is 360 g/mol. The van der Waals surface area contributed by atoms with Crippen LogP contribution in [0.5, 0.6) is 0 Å². The van der Waals surface area contributed by atoms with Crippen LogP contribution in [-0.2, 0) is 17.5 Å². The summed E-state index contributed by atoms with van der Waals surface area (Å²) >= 11 is 5.84. The van der Waals surface area contributed by atoms with Crippen LogP contribution >= 0.6 is 11.6 Å². The molecule has 0 amide bonds. The van der Waals surface area contributed by atoms with Gasteiger partial charge in [-0.2, -0.15) is 13.2 Å². The molecular formula is C15H16ClF3N4O. The Kier molecular flexibility index (Phi) is 6.36. The van der Waals surface area contributed by atoms with E-state index in [-0.39, 0.29) is 18.1 Å². The third-order valence-corrected chi connectivity index (χ3v) is 3.25. The summed E-state index contributed by atoms with van der Waals surface area (Å²) in [6, 6.07) is 6.55. The number of halogens is 4. The lowest BCUT2D eigenvalue weighted by atomic mass is 10.2. The Labute approximate surface area is 142 Å². The van der Waals surface area contributed by atoms with E-state index in [9.17, 15) is 13.2 Å². The second-order valence-corrected chi connectivity index (χ2v) is 5.31. The number of nitrogens with zero attached hydrogens (tertiary/aromatic N) is 2. The zero-order valence-corrected chi connectivity index (χ0v) is 13.6. The second-order valence-electron chi connectivity index (χ2n) is 4.87. The minimum Gasteiger partial charge on any atom is -0.383 e. The number of aromatic nitrogens is 2. The summed E-state index contributed by atoms with van der Waals surface area (Å²) in [7, 11) is 1.52. The summed E-state index contributed by atoms with van der Waals surface area (Å²) in [5.74, 6) is -0.148. The van der Waals surface area contributed by atoms with Crippen LogP contribution in [0.1, 0.15) is 11.3 Å². The molecule has 130 valence electrons. The van der Waals surface area contributed by atoms with Gasteiger partial charge in [0.1, 0.15) is 0 Å². The normalized spacial score (nSPS) is 11.5. The summed E-state index contributed by atoms with van der Waals surface area (Å²) in [5.41, 5.74) is -0.510. The lowest BCUT2D eigenvalue weighted by Crippen LogP contribution is -2.22. The summed E-state index contributed by atoms with van der Waals surface area (Å²) < 4.78 is 44.5. The number of nitrogens with one attached hydrogen (secondary N) is 2. The highest BCUT2D eigenvalue weighted by Crippen LogP contribution is 2.31. The lowest BCUT2D eigenvalue weighted by molar-refractivity contribution is -0.141. The van der Waals surface area contributed by atoms with E-state index in [2.05, 4.69) is 20.6 Å². The number of rotatable bonds is 7. The van der Waals surface area contributed by atoms with E-state index in [0.29, 0.717) is 23.9 Å². The zero-order chi connectivity index (χ0) is 17.6. The first-order chi connectivity index (χ1) is 11.4. The molecule has 0 aliphatic rings. The van der Waals surface area contributed by atoms with Gasteiger partial charge < -0.3 is 15.4 Å². The number of ether oxygens (including phenoxy) is 1. The first-order valence-electron chi connectivity index (χ1n) is 7.05. The average molecular weight is 361 g/mol. The van der Waals surface area contributed by atoms with Gasteiger partial charge in [0.05, 0.1) is 6.61 Å². The van der Waals surface area contributed by atoms with Crippen molar-refractivity contribution in [1.29, 1.82) is 0 Å². The van der Waals surface area contributed by atoms with Crippen LogP contribution in [0.15, 0.2) is 30.5 Å². The minimum atomic E-state index is -4.58. The Hall–Kier alpha value is -1.90. The summed E-state index contributed by atoms with van der Waals surface area (Å²) in [4.78, 5) is 7.55. The van der Waals surface area contributed by atoms with Crippen LogP contribution in [-0.4, -0.2) is 30.2 Å². The molecule has 5 nitrogen and oxygen atoms in total. The first-order valence-corrected chi connectivity index (χ1v) is 7.43. The molecule has 0 atom stereocenters. The third kappa shape index (κ3) is 5.33. The van der Waals surface area contributed by atoms with Crippen molar-refractivity contribution >= 4 is 23.2 Å². The minimum absolute atomic E-state index is 0.00432. The van der Waals surface area contributed by atoms with Crippen LogP contribution in [0.25, 0.3) is 0 Å². The fourth-order valence-corrected chi connectivity index (χ4v) is 2.12. The van der Waals surface area contributed by atoms with Crippen molar-refractivity contribution in [1.82, 2.24) is 15.3 Å². The molecule has 0 aliphatic carbocycles. The molecule has 9 heteroatoms. The van der Waals surface area contributed by atoms with Gasteiger partial charge in [0.15, 0.2) is 5.69 Å². The molecule has 0 spiro atoms. The zero-order valence-electron chi connectivity index (χ0n) is 12.8. The third-order valence-electron chi connectivity index (χ3n) is 3.01. The molecule has 1 aromatic heterocycles. The Morgan fingerprint density at radius 2 is 2.08 bits per heavy atom. The van der Waals surface area contributed by atoms with Crippen LogP contribution < -0.4 is 10.6 Å². The van der Waals surface area contributed by atoms with Gasteiger partial charge in [0, 0.05) is 42.7 Å². The topological polar surface area (TPSA) is 59.1 Å². The summed E-state index contributed by atoms with van der Waals surface area (Å²) in [6.07, 6.45) is -3.42. The van der Waals surface area contributed by atoms with Crippen LogP contribution in [0.4, 0.5) is 24.8 Å². The van der Waals surface area contributed by atoms with E-state index in [1.54, 1.807) is 24.3 Å². The second kappa shape index (κ2) is 8.27. The van der Waals surface area contributed by atoms with Crippen LogP contribution in [0.2, 0.25) is 5.02 Å². The predicted molar refractivity (Wildman–Crippen MR) is 85.4 cm³/mol. The molecule has 2 rings (SSSR count). The maximum Gasteiger partial charge on any atom is 0.433 e. The Morgan fingerprint density at radius 1 is 1.29 bits per heavy atom. The highest BCUT2D eigenvalue weighted by Gasteiger charge is 2.36. The molecule has 0 fully saturated rings. The van der Waals surface area contributed by atoms with Gasteiger partial charge in [-0.15, -0.1) is 0 Å². The molecule has 1 aromatic carbocycles. The highest BCUT2D eigenvalue weighted by molar-refractivity contribution is 6.30. The fourth-order valence-electron chi connectivity index (χ4n) is 1.93. The van der Waals surface area contributed by atoms with E-state index >= 15 is 0 Å². The standard InChI is InChI=1S/C15H16ClF3N4O/c1-24-6-5-20-8-10-9-21-14(23-13(10)15(17,18)19)22-12-4-2-3-11(16)7-12/h2-4,7,9,20H,5-6,8H2,1H3,(H,21,22,23). The van der Waals surface area contributed by atoms with E-state index in [0.717, 1.165) is 6.20 Å². The fraction of sp³-hybridized carbons (Fsp3) is 0.333. The number of anilines is 2. The predicted octanol–water partition coefficient (Wildman–Crippen LogP) is 3.63. The van der Waals surface area contributed by atoms with Gasteiger partial charge in [-0.3, -0.25) is 0 Å². The smallest absolute Gasteiger partial charge is 0.383 e. The van der Waals surface area contributed by atoms with Crippen molar-refractivity contribution in [3.8, 4) is 0 Å². The Balaban J connectivity index is 2.19. The van der Waals surface area contributed by atoms with Gasteiger partial charge in [-0.25, -0.2) is 9.97 Å². The van der Waals surface area contributed by atoms with Crippen molar-refractivity contribution in [2.24, 2.45) is 0 Å². The Morgan fingerprint density at radius 3 is 2.75 bits per heavy atom. The van der Waals surface area contributed by atoms with E-state index in [1.807, 2.05) is 0 Å². The van der Waals surface area contributed by atoms with E-state index in [1.165, 1.54) is 7.11 Å². The quantitative estimate of drug-likeness (QED) is 0.738. The van der Waals surface area contributed by atoms with Gasteiger partial charge in [-0.05, 0) is 18.2 Å². The molecule has 2 N–H and O–H groups in total. The lowest BCUT2D eigenvalue weighted by Gasteiger charge is -2.14. The molecule has 0 radical (unpaired) electrons. The van der Waals surface area contributed by atoms with Crippen molar-refractivity contribution in [3.63, 3.8) is 0 Å². The number of benzene rings is 1. The van der Waals surface area contributed by atoms with Gasteiger partial charge >= 0.3 is 6.18 Å². The molecule has 0 saturated carbocycles. The summed E-state index contributed by atoms with van der Waals surface area (Å²) in [5, 5.41) is 6.02.